The van der Waals surface area contributed by atoms with Gasteiger partial charge in [0.1, 0.15) is 0 Å². The van der Waals surface area contributed by atoms with Crippen LogP contribution >= 0.6 is 0 Å². The number of rotatable bonds is 3. The molecule has 1 aromatic rings. The Morgan fingerprint density at radius 1 is 1.29 bits per heavy atom. The monoisotopic (exact) mass is 194 g/mol. The predicted octanol–water partition coefficient (Wildman–Crippen LogP) is 0.481. The number of hydrogen-bond acceptors (Lipinski definition) is 2. The minimum Gasteiger partial charge on any atom is -0.479 e. The molecule has 0 bridgehead atoms. The van der Waals surface area contributed by atoms with Gasteiger partial charge in [-0.1, -0.05) is 30.3 Å². The third-order valence-corrected chi connectivity index (χ3v) is 1.67. The van der Waals surface area contributed by atoms with Gasteiger partial charge in [0, 0.05) is 0 Å². The summed E-state index contributed by atoms with van der Waals surface area (Å²) in [5, 5.41) is 10.9. The zero-order valence-corrected chi connectivity index (χ0v) is 7.31. The summed E-state index contributed by atoms with van der Waals surface area (Å²) < 4.78 is 0. The van der Waals surface area contributed by atoms with Crippen molar-refractivity contribution in [2.75, 3.05) is 0 Å². The molecule has 0 saturated carbocycles. The molecule has 14 heavy (non-hydrogen) atoms. The van der Waals surface area contributed by atoms with E-state index in [1.165, 1.54) is 0 Å². The summed E-state index contributed by atoms with van der Waals surface area (Å²) in [4.78, 5) is 21.3. The second-order valence-corrected chi connectivity index (χ2v) is 2.69. The normalized spacial score (nSPS) is 11.7. The molecule has 1 atom stereocenters. The molecule has 0 unspecified atom stereocenters. The Hall–Kier alpha value is -2.04. The van der Waals surface area contributed by atoms with Gasteiger partial charge in [0.2, 0.25) is 0 Å². The van der Waals surface area contributed by atoms with Crippen molar-refractivity contribution in [2.24, 2.45) is 5.73 Å². The van der Waals surface area contributed by atoms with Crippen molar-refractivity contribution in [1.29, 1.82) is 0 Å². The molecule has 0 aliphatic carbocycles. The number of carbonyl (C=O) groups excluding carboxylic acids is 1. The maximum atomic E-state index is 10.8. The lowest BCUT2D eigenvalue weighted by molar-refractivity contribution is -0.139. The molecule has 0 radical (unpaired) electrons. The average molecular weight is 194 g/mol. The molecule has 1 aromatic carbocycles. The van der Waals surface area contributed by atoms with Gasteiger partial charge in [-0.2, -0.15) is 0 Å². The Balaban J connectivity index is 2.89. The molecule has 5 nitrogen and oxygen atoms in total. The standard InChI is InChI=1S/C9H10N2O3/c10-9(14)11-7(8(12)13)6-4-2-1-3-5-6/h1-5,7H,(H,12,13)(H3,10,11,14)/t7-/m1/s1. The lowest BCUT2D eigenvalue weighted by Gasteiger charge is -2.12. The smallest absolute Gasteiger partial charge is 0.330 e. The number of urea groups is 1. The Labute approximate surface area is 80.5 Å². The number of hydrogen-bond donors (Lipinski definition) is 3. The summed E-state index contributed by atoms with van der Waals surface area (Å²) in [6.45, 7) is 0. The molecule has 0 saturated heterocycles. The van der Waals surface area contributed by atoms with Gasteiger partial charge in [0.05, 0.1) is 0 Å². The van der Waals surface area contributed by atoms with E-state index in [1.54, 1.807) is 30.3 Å². The van der Waals surface area contributed by atoms with Gasteiger partial charge in [-0.3, -0.25) is 0 Å². The largest absolute Gasteiger partial charge is 0.479 e. The molecule has 74 valence electrons. The number of carboxylic acids is 1. The molecular weight excluding hydrogens is 184 g/mol. The highest BCUT2D eigenvalue weighted by atomic mass is 16.4. The lowest BCUT2D eigenvalue weighted by Crippen LogP contribution is -2.37. The van der Waals surface area contributed by atoms with E-state index in [2.05, 4.69) is 5.32 Å². The maximum absolute atomic E-state index is 10.8. The van der Waals surface area contributed by atoms with Crippen LogP contribution in [0.4, 0.5) is 4.79 Å². The fourth-order valence-corrected chi connectivity index (χ4v) is 1.08. The molecular formula is C9H10N2O3. The Morgan fingerprint density at radius 2 is 1.86 bits per heavy atom. The number of nitrogens with two attached hydrogens (primary N) is 1. The number of aliphatic carboxylic acids is 1. The number of amides is 2. The first-order valence-electron chi connectivity index (χ1n) is 3.95. The summed E-state index contributed by atoms with van der Waals surface area (Å²) in [6, 6.07) is 6.40. The van der Waals surface area contributed by atoms with E-state index in [0.29, 0.717) is 5.56 Å². The van der Waals surface area contributed by atoms with Gasteiger partial charge >= 0.3 is 12.0 Å². The second kappa shape index (κ2) is 4.27. The molecule has 2 amide bonds. The summed E-state index contributed by atoms with van der Waals surface area (Å²) in [7, 11) is 0. The van der Waals surface area contributed by atoms with Crippen molar-refractivity contribution < 1.29 is 14.7 Å². The minimum absolute atomic E-state index is 0.485. The number of nitrogens with one attached hydrogen (secondary N) is 1. The van der Waals surface area contributed by atoms with Gasteiger partial charge < -0.3 is 16.2 Å². The highest BCUT2D eigenvalue weighted by Crippen LogP contribution is 2.11. The predicted molar refractivity (Wildman–Crippen MR) is 49.5 cm³/mol. The van der Waals surface area contributed by atoms with E-state index in [9.17, 15) is 9.59 Å². The van der Waals surface area contributed by atoms with Crippen molar-refractivity contribution in [2.45, 2.75) is 6.04 Å². The van der Waals surface area contributed by atoms with E-state index >= 15 is 0 Å². The maximum Gasteiger partial charge on any atom is 0.330 e. The summed E-state index contributed by atoms with van der Waals surface area (Å²) in [5.74, 6) is -1.14. The van der Waals surface area contributed by atoms with Gasteiger partial charge in [-0.15, -0.1) is 0 Å². The summed E-state index contributed by atoms with van der Waals surface area (Å²) >= 11 is 0. The third-order valence-electron chi connectivity index (χ3n) is 1.67. The molecule has 5 heteroatoms. The quantitative estimate of drug-likeness (QED) is 0.653. The zero-order chi connectivity index (χ0) is 10.6. The van der Waals surface area contributed by atoms with Crippen LogP contribution in [0.5, 0.6) is 0 Å². The van der Waals surface area contributed by atoms with Crippen molar-refractivity contribution >= 4 is 12.0 Å². The van der Waals surface area contributed by atoms with Crippen molar-refractivity contribution in [3.8, 4) is 0 Å². The summed E-state index contributed by atoms with van der Waals surface area (Å²) in [5.41, 5.74) is 5.34. The van der Waals surface area contributed by atoms with E-state index in [4.69, 9.17) is 10.8 Å². The van der Waals surface area contributed by atoms with Crippen molar-refractivity contribution in [3.63, 3.8) is 0 Å². The first-order valence-corrected chi connectivity index (χ1v) is 3.95. The van der Waals surface area contributed by atoms with Gasteiger partial charge in [0.15, 0.2) is 6.04 Å². The van der Waals surface area contributed by atoms with E-state index in [-0.39, 0.29) is 0 Å². The highest BCUT2D eigenvalue weighted by Gasteiger charge is 2.20. The van der Waals surface area contributed by atoms with E-state index < -0.39 is 18.0 Å². The van der Waals surface area contributed by atoms with E-state index in [1.807, 2.05) is 0 Å². The van der Waals surface area contributed by atoms with Crippen LogP contribution in [0.25, 0.3) is 0 Å². The molecule has 0 aliphatic heterocycles. The molecule has 1 rings (SSSR count). The Kier molecular flexibility index (Phi) is 3.06. The first-order chi connectivity index (χ1) is 6.61. The van der Waals surface area contributed by atoms with E-state index in [0.717, 1.165) is 0 Å². The fraction of sp³-hybridized carbons (Fsp3) is 0.111. The molecule has 0 aliphatic rings. The number of benzene rings is 1. The molecule has 4 N–H and O–H groups in total. The molecule has 0 aromatic heterocycles. The van der Waals surface area contributed by atoms with Crippen LogP contribution in [0.2, 0.25) is 0 Å². The first kappa shape index (κ1) is 10.0. The SMILES string of the molecule is NC(=O)N[C@@H](C(=O)O)c1ccccc1. The molecule has 0 spiro atoms. The van der Waals surface area contributed by atoms with Crippen LogP contribution < -0.4 is 11.1 Å². The van der Waals surface area contributed by atoms with Gasteiger partial charge in [-0.25, -0.2) is 9.59 Å². The Bertz CT molecular complexity index is 337. The van der Waals surface area contributed by atoms with Crippen molar-refractivity contribution in [3.05, 3.63) is 35.9 Å². The Morgan fingerprint density at radius 3 is 2.29 bits per heavy atom. The van der Waals surface area contributed by atoms with Crippen LogP contribution in [-0.4, -0.2) is 17.1 Å². The number of carbonyl (C=O) groups is 2. The zero-order valence-electron chi connectivity index (χ0n) is 7.31. The number of carboxylic acid groups (broad SMARTS) is 1. The highest BCUT2D eigenvalue weighted by molar-refractivity contribution is 5.82. The van der Waals surface area contributed by atoms with Crippen LogP contribution in [-0.2, 0) is 4.79 Å². The topological polar surface area (TPSA) is 92.4 Å². The third kappa shape index (κ3) is 2.48. The minimum atomic E-state index is -1.14. The van der Waals surface area contributed by atoms with Crippen LogP contribution in [0, 0.1) is 0 Å². The van der Waals surface area contributed by atoms with Crippen LogP contribution in [0.3, 0.4) is 0 Å². The van der Waals surface area contributed by atoms with Gasteiger partial charge in [0.25, 0.3) is 0 Å². The van der Waals surface area contributed by atoms with Crippen molar-refractivity contribution in [1.82, 2.24) is 5.32 Å². The van der Waals surface area contributed by atoms with Crippen LogP contribution in [0.15, 0.2) is 30.3 Å². The lowest BCUT2D eigenvalue weighted by atomic mass is 10.1. The summed E-state index contributed by atoms with van der Waals surface area (Å²) in [6.07, 6.45) is 0. The molecule has 0 fully saturated rings. The number of primary amides is 1. The average Bonchev–Trinajstić information content (AvgIpc) is 2.15. The van der Waals surface area contributed by atoms with Crippen LogP contribution in [0.1, 0.15) is 11.6 Å². The molecule has 0 heterocycles. The van der Waals surface area contributed by atoms with Gasteiger partial charge in [-0.05, 0) is 5.56 Å². The fourth-order valence-electron chi connectivity index (χ4n) is 1.08. The second-order valence-electron chi connectivity index (χ2n) is 2.69.